The predicted octanol–water partition coefficient (Wildman–Crippen LogP) is 3.87. The molecule has 0 unspecified atom stereocenters. The second-order valence-corrected chi connectivity index (χ2v) is 15.0. The van der Waals surface area contributed by atoms with Crippen LogP contribution in [-0.4, -0.2) is 34.4 Å². The largest absolute Gasteiger partial charge is 0.444 e. The Bertz CT molecular complexity index is 856. The third-order valence-electron chi connectivity index (χ3n) is 3.14. The number of nitrogens with one attached hydrogen (secondary N) is 2. The molecule has 0 aliphatic carbocycles. The first-order valence-electron chi connectivity index (χ1n) is 8.70. The molecule has 6 nitrogen and oxygen atoms in total. The highest BCUT2D eigenvalue weighted by Crippen LogP contribution is 2.22. The van der Waals surface area contributed by atoms with Gasteiger partial charge in [-0.2, -0.15) is 0 Å². The van der Waals surface area contributed by atoms with Crippen molar-refractivity contribution in [2.45, 2.75) is 59.0 Å². The summed E-state index contributed by atoms with van der Waals surface area (Å²) in [5, 5.41) is 2.78. The number of rotatable bonds is 4. The van der Waals surface area contributed by atoms with Crippen molar-refractivity contribution in [2.24, 2.45) is 0 Å². The molecule has 0 aliphatic rings. The monoisotopic (exact) mass is 410 g/mol. The van der Waals surface area contributed by atoms with Crippen LogP contribution in [0.25, 0.3) is 0 Å². The number of sulfonamides is 1. The number of anilines is 1. The molecule has 1 amide bonds. The standard InChI is InChI=1S/C19H30N2O4SSi/c1-14(20-18(22)25-19(2,3)4)15-9-10-17(21-26(5,23)24)16(13-15)11-12-27(6,7)8/h9-10,13-14,21H,1-8H3,(H,20,22)/t14-/m1/s1. The van der Waals surface area contributed by atoms with Crippen LogP contribution in [0, 0.1) is 11.5 Å². The van der Waals surface area contributed by atoms with Gasteiger partial charge in [-0.15, -0.1) is 5.54 Å². The Morgan fingerprint density at radius 3 is 2.30 bits per heavy atom. The summed E-state index contributed by atoms with van der Waals surface area (Å²) in [5.41, 5.74) is 4.48. The summed E-state index contributed by atoms with van der Waals surface area (Å²) >= 11 is 0. The molecule has 0 heterocycles. The Morgan fingerprint density at radius 2 is 1.81 bits per heavy atom. The van der Waals surface area contributed by atoms with Crippen molar-refractivity contribution >= 4 is 29.9 Å². The van der Waals surface area contributed by atoms with Gasteiger partial charge in [-0.05, 0) is 45.4 Å². The molecule has 1 rings (SSSR count). The Balaban J connectivity index is 3.18. The van der Waals surface area contributed by atoms with E-state index in [1.807, 2.05) is 6.92 Å². The number of alkyl carbamates (subject to hydrolysis) is 1. The van der Waals surface area contributed by atoms with Gasteiger partial charge in [-0.3, -0.25) is 4.72 Å². The number of ether oxygens (including phenoxy) is 1. The van der Waals surface area contributed by atoms with Gasteiger partial charge >= 0.3 is 6.09 Å². The predicted molar refractivity (Wildman–Crippen MR) is 113 cm³/mol. The van der Waals surface area contributed by atoms with Crippen LogP contribution in [0.15, 0.2) is 18.2 Å². The summed E-state index contributed by atoms with van der Waals surface area (Å²) < 4.78 is 31.0. The van der Waals surface area contributed by atoms with Gasteiger partial charge in [0.1, 0.15) is 13.7 Å². The fourth-order valence-electron chi connectivity index (χ4n) is 2.05. The molecule has 8 heteroatoms. The van der Waals surface area contributed by atoms with Crippen LogP contribution in [0.4, 0.5) is 10.5 Å². The second-order valence-electron chi connectivity index (χ2n) is 8.55. The molecule has 0 radical (unpaired) electrons. The Morgan fingerprint density at radius 1 is 1.22 bits per heavy atom. The van der Waals surface area contributed by atoms with Crippen molar-refractivity contribution in [1.82, 2.24) is 5.32 Å². The van der Waals surface area contributed by atoms with Gasteiger partial charge in [0.2, 0.25) is 10.0 Å². The highest BCUT2D eigenvalue weighted by Gasteiger charge is 2.19. The molecule has 150 valence electrons. The molecule has 1 aromatic rings. The van der Waals surface area contributed by atoms with Crippen LogP contribution in [0.5, 0.6) is 0 Å². The van der Waals surface area contributed by atoms with Crippen LogP contribution < -0.4 is 10.0 Å². The summed E-state index contributed by atoms with van der Waals surface area (Å²) in [5.74, 6) is 3.10. The fourth-order valence-corrected chi connectivity index (χ4v) is 3.13. The van der Waals surface area contributed by atoms with E-state index in [1.165, 1.54) is 0 Å². The summed E-state index contributed by atoms with van der Waals surface area (Å²) in [6.07, 6.45) is 0.589. The van der Waals surface area contributed by atoms with E-state index >= 15 is 0 Å². The number of carbonyl (C=O) groups excluding carboxylic acids is 1. The van der Waals surface area contributed by atoms with Gasteiger partial charge in [0.05, 0.1) is 18.0 Å². The molecule has 0 fully saturated rings. The maximum absolute atomic E-state index is 12.0. The Kier molecular flexibility index (Phi) is 7.14. The molecule has 0 spiro atoms. The van der Waals surface area contributed by atoms with Gasteiger partial charge in [0.25, 0.3) is 0 Å². The molecular formula is C19H30N2O4SSi. The first-order valence-corrected chi connectivity index (χ1v) is 14.1. The van der Waals surface area contributed by atoms with Crippen LogP contribution in [0.3, 0.4) is 0 Å². The minimum absolute atomic E-state index is 0.320. The van der Waals surface area contributed by atoms with E-state index in [1.54, 1.807) is 39.0 Å². The maximum atomic E-state index is 12.0. The van der Waals surface area contributed by atoms with E-state index in [0.29, 0.717) is 11.3 Å². The Labute approximate surface area is 164 Å². The van der Waals surface area contributed by atoms with Crippen molar-refractivity contribution in [2.75, 3.05) is 11.0 Å². The number of benzene rings is 1. The lowest BCUT2D eigenvalue weighted by Crippen LogP contribution is -2.34. The minimum Gasteiger partial charge on any atom is -0.444 e. The summed E-state index contributed by atoms with van der Waals surface area (Å²) in [7, 11) is -5.07. The van der Waals surface area contributed by atoms with Gasteiger partial charge in [0, 0.05) is 5.56 Å². The van der Waals surface area contributed by atoms with Gasteiger partial charge < -0.3 is 10.1 Å². The first-order chi connectivity index (χ1) is 12.1. The minimum atomic E-state index is -3.42. The van der Waals surface area contributed by atoms with Gasteiger partial charge in [-0.1, -0.05) is 31.6 Å². The molecule has 0 aromatic heterocycles. The van der Waals surface area contributed by atoms with Crippen LogP contribution in [-0.2, 0) is 14.8 Å². The molecule has 0 bridgehead atoms. The van der Waals surface area contributed by atoms with E-state index < -0.39 is 29.8 Å². The molecule has 1 atom stereocenters. The number of hydrogen-bond donors (Lipinski definition) is 2. The zero-order valence-corrected chi connectivity index (χ0v) is 19.2. The maximum Gasteiger partial charge on any atom is 0.408 e. The normalized spacial score (nSPS) is 13.2. The summed E-state index contributed by atoms with van der Waals surface area (Å²) in [4.78, 5) is 12.0. The zero-order chi connectivity index (χ0) is 21.0. The molecule has 27 heavy (non-hydrogen) atoms. The highest BCUT2D eigenvalue weighted by atomic mass is 32.2. The molecule has 1 aromatic carbocycles. The van der Waals surface area contributed by atoms with Crippen molar-refractivity contribution in [3.05, 3.63) is 29.3 Å². The van der Waals surface area contributed by atoms with Crippen molar-refractivity contribution in [3.8, 4) is 11.5 Å². The average molecular weight is 411 g/mol. The van der Waals surface area contributed by atoms with Gasteiger partial charge in [-0.25, -0.2) is 13.2 Å². The lowest BCUT2D eigenvalue weighted by atomic mass is 10.0. The third-order valence-corrected chi connectivity index (χ3v) is 4.61. The topological polar surface area (TPSA) is 84.5 Å². The average Bonchev–Trinajstić information content (AvgIpc) is 2.41. The SMILES string of the molecule is C[C@@H](NC(=O)OC(C)(C)C)c1ccc(NS(C)(=O)=O)c(C#C[Si](C)(C)C)c1. The molecule has 2 N–H and O–H groups in total. The number of amides is 1. The second kappa shape index (κ2) is 8.36. The van der Waals surface area contributed by atoms with Crippen LogP contribution in [0.1, 0.15) is 44.9 Å². The van der Waals surface area contributed by atoms with E-state index in [-0.39, 0.29) is 6.04 Å². The summed E-state index contributed by atoms with van der Waals surface area (Å²) in [6, 6.07) is 4.90. The molecule has 0 aliphatic heterocycles. The zero-order valence-electron chi connectivity index (χ0n) is 17.4. The van der Waals surface area contributed by atoms with Crippen molar-refractivity contribution < 1.29 is 17.9 Å². The van der Waals surface area contributed by atoms with E-state index in [9.17, 15) is 13.2 Å². The molecule has 0 saturated carbocycles. The number of hydrogen-bond acceptors (Lipinski definition) is 4. The lowest BCUT2D eigenvalue weighted by Gasteiger charge is -2.22. The van der Waals surface area contributed by atoms with Crippen LogP contribution >= 0.6 is 0 Å². The molecule has 0 saturated heterocycles. The van der Waals surface area contributed by atoms with E-state index in [2.05, 4.69) is 41.1 Å². The lowest BCUT2D eigenvalue weighted by molar-refractivity contribution is 0.0508. The van der Waals surface area contributed by atoms with E-state index in [0.717, 1.165) is 11.8 Å². The fraction of sp³-hybridized carbons (Fsp3) is 0.526. The quantitative estimate of drug-likeness (QED) is 0.583. The van der Waals surface area contributed by atoms with E-state index in [4.69, 9.17) is 4.74 Å². The van der Waals surface area contributed by atoms with Crippen molar-refractivity contribution in [1.29, 1.82) is 0 Å². The summed E-state index contributed by atoms with van der Waals surface area (Å²) in [6.45, 7) is 13.6. The number of carbonyl (C=O) groups is 1. The third kappa shape index (κ3) is 9.49. The highest BCUT2D eigenvalue weighted by molar-refractivity contribution is 7.92. The first kappa shape index (κ1) is 23.1. The Hall–Kier alpha value is -1.98. The van der Waals surface area contributed by atoms with Crippen molar-refractivity contribution in [3.63, 3.8) is 0 Å². The molecular weight excluding hydrogens is 380 g/mol. The van der Waals surface area contributed by atoms with Gasteiger partial charge in [0.15, 0.2) is 0 Å². The van der Waals surface area contributed by atoms with Crippen LogP contribution in [0.2, 0.25) is 19.6 Å². The smallest absolute Gasteiger partial charge is 0.408 e.